The minimum absolute atomic E-state index is 0.589. The van der Waals surface area contributed by atoms with Gasteiger partial charge in [-0.3, -0.25) is 4.90 Å². The fraction of sp³-hybridized carbons (Fsp3) is 0.900. The van der Waals surface area contributed by atoms with E-state index in [9.17, 15) is 0 Å². The molecule has 0 spiro atoms. The van der Waals surface area contributed by atoms with Gasteiger partial charge in [0, 0.05) is 57.6 Å². The SMILES string of the molecule is C=C(C(C)C)N1CCC(CN2CCN(C(C)C)CC2)CC1.CC. The smallest absolute Gasteiger partial charge is 0.0178 e. The minimum Gasteiger partial charge on any atom is -0.375 e. The van der Waals surface area contributed by atoms with Crippen LogP contribution >= 0.6 is 0 Å². The monoisotopic (exact) mass is 323 g/mol. The maximum absolute atomic E-state index is 4.25. The molecule has 0 aromatic heterocycles. The molecule has 0 saturated carbocycles. The van der Waals surface area contributed by atoms with Crippen molar-refractivity contribution in [2.75, 3.05) is 45.8 Å². The van der Waals surface area contributed by atoms with E-state index in [4.69, 9.17) is 0 Å². The quantitative estimate of drug-likeness (QED) is 0.759. The standard InChI is InChI=1S/C18H35N3.C2H6/c1-15(2)17(5)21-8-6-18(7-9-21)14-19-10-12-20(13-11-19)16(3)4;1-2/h15-16,18H,5-14H2,1-4H3;1-2H3. The third-order valence-corrected chi connectivity index (χ3v) is 5.34. The van der Waals surface area contributed by atoms with Gasteiger partial charge in [0.25, 0.3) is 0 Å². The number of piperidine rings is 1. The average molecular weight is 324 g/mol. The van der Waals surface area contributed by atoms with Gasteiger partial charge in [-0.1, -0.05) is 34.3 Å². The molecule has 2 heterocycles. The van der Waals surface area contributed by atoms with Gasteiger partial charge in [-0.15, -0.1) is 0 Å². The van der Waals surface area contributed by atoms with Gasteiger partial charge in [0.1, 0.15) is 0 Å². The zero-order chi connectivity index (χ0) is 17.4. The lowest BCUT2D eigenvalue weighted by molar-refractivity contribution is 0.0841. The predicted molar refractivity (Wildman–Crippen MR) is 103 cm³/mol. The Bertz CT molecular complexity index is 322. The molecule has 0 aromatic carbocycles. The van der Waals surface area contributed by atoms with Gasteiger partial charge in [0.05, 0.1) is 0 Å². The van der Waals surface area contributed by atoms with Crippen LogP contribution in [0, 0.1) is 11.8 Å². The molecule has 0 aromatic rings. The fourth-order valence-corrected chi connectivity index (χ4v) is 3.60. The first-order chi connectivity index (χ1) is 11.0. The third-order valence-electron chi connectivity index (χ3n) is 5.34. The molecule has 0 unspecified atom stereocenters. The molecular formula is C20H41N3. The Balaban J connectivity index is 0.00000127. The summed E-state index contributed by atoms with van der Waals surface area (Å²) in [5.74, 6) is 1.48. The summed E-state index contributed by atoms with van der Waals surface area (Å²) in [6.45, 7) is 26.2. The average Bonchev–Trinajstić information content (AvgIpc) is 2.57. The van der Waals surface area contributed by atoms with E-state index in [1.165, 1.54) is 64.4 Å². The van der Waals surface area contributed by atoms with Crippen LogP contribution in [0.25, 0.3) is 0 Å². The van der Waals surface area contributed by atoms with Gasteiger partial charge >= 0.3 is 0 Å². The van der Waals surface area contributed by atoms with E-state index in [1.54, 1.807) is 0 Å². The molecule has 2 rings (SSSR count). The van der Waals surface area contributed by atoms with Crippen molar-refractivity contribution in [3.63, 3.8) is 0 Å². The second kappa shape index (κ2) is 10.4. The summed E-state index contributed by atoms with van der Waals surface area (Å²) in [5.41, 5.74) is 1.33. The number of nitrogens with zero attached hydrogens (tertiary/aromatic N) is 3. The van der Waals surface area contributed by atoms with Crippen LogP contribution in [-0.4, -0.2) is 66.6 Å². The lowest BCUT2D eigenvalue weighted by Crippen LogP contribution is -2.50. The molecule has 3 heteroatoms. The molecule has 0 radical (unpaired) electrons. The molecule has 2 aliphatic heterocycles. The Morgan fingerprint density at radius 1 is 0.913 bits per heavy atom. The maximum Gasteiger partial charge on any atom is 0.0178 e. The Kier molecular flexibility index (Phi) is 9.23. The number of likely N-dealkylation sites (tertiary alicyclic amines) is 1. The number of allylic oxidation sites excluding steroid dienone is 1. The van der Waals surface area contributed by atoms with E-state index in [0.29, 0.717) is 12.0 Å². The van der Waals surface area contributed by atoms with E-state index in [2.05, 4.69) is 49.0 Å². The molecule has 0 amide bonds. The van der Waals surface area contributed by atoms with Crippen molar-refractivity contribution >= 4 is 0 Å². The molecule has 136 valence electrons. The first-order valence-electron chi connectivity index (χ1n) is 9.87. The molecule has 0 bridgehead atoms. The van der Waals surface area contributed by atoms with Crippen molar-refractivity contribution in [3.05, 3.63) is 12.3 Å². The molecule has 0 N–H and O–H groups in total. The summed E-state index contributed by atoms with van der Waals surface area (Å²) < 4.78 is 0. The zero-order valence-electron chi connectivity index (χ0n) is 16.6. The van der Waals surface area contributed by atoms with Gasteiger partial charge in [-0.05, 0) is 38.5 Å². The predicted octanol–water partition coefficient (Wildman–Crippen LogP) is 3.92. The summed E-state index contributed by atoms with van der Waals surface area (Å²) in [6, 6.07) is 0.706. The van der Waals surface area contributed by atoms with Crippen LogP contribution in [-0.2, 0) is 0 Å². The largest absolute Gasteiger partial charge is 0.375 e. The maximum atomic E-state index is 4.25. The van der Waals surface area contributed by atoms with Crippen LogP contribution in [0.2, 0.25) is 0 Å². The van der Waals surface area contributed by atoms with Gasteiger partial charge in [-0.25, -0.2) is 0 Å². The van der Waals surface area contributed by atoms with E-state index < -0.39 is 0 Å². The van der Waals surface area contributed by atoms with Gasteiger partial charge in [0.2, 0.25) is 0 Å². The topological polar surface area (TPSA) is 9.72 Å². The van der Waals surface area contributed by atoms with Crippen molar-refractivity contribution in [2.45, 2.75) is 60.4 Å². The molecule has 3 nitrogen and oxygen atoms in total. The van der Waals surface area contributed by atoms with E-state index >= 15 is 0 Å². The number of rotatable bonds is 5. The normalized spacial score (nSPS) is 21.5. The van der Waals surface area contributed by atoms with Crippen LogP contribution in [0.5, 0.6) is 0 Å². The van der Waals surface area contributed by atoms with Gasteiger partial charge < -0.3 is 9.80 Å². The fourth-order valence-electron chi connectivity index (χ4n) is 3.60. The van der Waals surface area contributed by atoms with Crippen LogP contribution in [0.15, 0.2) is 12.3 Å². The number of hydrogen-bond donors (Lipinski definition) is 0. The lowest BCUT2D eigenvalue weighted by atomic mass is 9.94. The highest BCUT2D eigenvalue weighted by molar-refractivity contribution is 4.98. The minimum atomic E-state index is 0.589. The lowest BCUT2D eigenvalue weighted by Gasteiger charge is -2.41. The highest BCUT2D eigenvalue weighted by Crippen LogP contribution is 2.24. The summed E-state index contributed by atoms with van der Waals surface area (Å²) in [5, 5.41) is 0. The van der Waals surface area contributed by atoms with E-state index in [1.807, 2.05) is 13.8 Å². The van der Waals surface area contributed by atoms with E-state index in [-0.39, 0.29) is 0 Å². The van der Waals surface area contributed by atoms with Crippen molar-refractivity contribution in [2.24, 2.45) is 11.8 Å². The molecule has 0 aliphatic carbocycles. The van der Waals surface area contributed by atoms with Crippen LogP contribution in [0.3, 0.4) is 0 Å². The second-order valence-corrected chi connectivity index (χ2v) is 7.51. The molecule has 0 atom stereocenters. The van der Waals surface area contributed by atoms with Crippen LogP contribution in [0.1, 0.15) is 54.4 Å². The van der Waals surface area contributed by atoms with Gasteiger partial charge in [-0.2, -0.15) is 0 Å². The molecular weight excluding hydrogens is 282 g/mol. The Morgan fingerprint density at radius 2 is 1.43 bits per heavy atom. The summed E-state index contributed by atoms with van der Waals surface area (Å²) >= 11 is 0. The summed E-state index contributed by atoms with van der Waals surface area (Å²) in [6.07, 6.45) is 2.69. The van der Waals surface area contributed by atoms with Crippen LogP contribution in [0.4, 0.5) is 0 Å². The second-order valence-electron chi connectivity index (χ2n) is 7.51. The molecule has 2 saturated heterocycles. The van der Waals surface area contributed by atoms with Crippen molar-refractivity contribution in [3.8, 4) is 0 Å². The van der Waals surface area contributed by atoms with Gasteiger partial charge in [0.15, 0.2) is 0 Å². The zero-order valence-corrected chi connectivity index (χ0v) is 16.6. The van der Waals surface area contributed by atoms with Crippen LogP contribution < -0.4 is 0 Å². The van der Waals surface area contributed by atoms with Crippen molar-refractivity contribution in [1.82, 2.24) is 14.7 Å². The molecule has 2 fully saturated rings. The number of piperazine rings is 1. The highest BCUT2D eigenvalue weighted by Gasteiger charge is 2.25. The Labute approximate surface area is 145 Å². The first-order valence-corrected chi connectivity index (χ1v) is 9.87. The van der Waals surface area contributed by atoms with Crippen molar-refractivity contribution < 1.29 is 0 Å². The highest BCUT2D eigenvalue weighted by atomic mass is 15.3. The first kappa shape index (κ1) is 20.5. The summed E-state index contributed by atoms with van der Waals surface area (Å²) in [4.78, 5) is 7.81. The third kappa shape index (κ3) is 6.46. The Hall–Kier alpha value is -0.540. The van der Waals surface area contributed by atoms with E-state index in [0.717, 1.165) is 5.92 Å². The van der Waals surface area contributed by atoms with Crippen molar-refractivity contribution in [1.29, 1.82) is 0 Å². The Morgan fingerprint density at radius 3 is 1.87 bits per heavy atom. The molecule has 23 heavy (non-hydrogen) atoms. The number of hydrogen-bond acceptors (Lipinski definition) is 3. The molecule has 2 aliphatic rings. The summed E-state index contributed by atoms with van der Waals surface area (Å²) in [7, 11) is 0.